The van der Waals surface area contributed by atoms with E-state index in [0.717, 1.165) is 28.8 Å². The predicted molar refractivity (Wildman–Crippen MR) is 143 cm³/mol. The molecule has 0 N–H and O–H groups in total. The van der Waals surface area contributed by atoms with Crippen LogP contribution in [0.3, 0.4) is 0 Å². The van der Waals surface area contributed by atoms with Crippen LogP contribution in [0.2, 0.25) is 0 Å². The number of hydrogen-bond acceptors (Lipinski definition) is 6. The van der Waals surface area contributed by atoms with Crippen LogP contribution in [0.5, 0.6) is 0 Å². The van der Waals surface area contributed by atoms with Crippen LogP contribution in [0.1, 0.15) is 77.0 Å². The van der Waals surface area contributed by atoms with Gasteiger partial charge in [0.2, 0.25) is 0 Å². The molecule has 0 aliphatic rings. The maximum atomic E-state index is 5.21. The lowest BCUT2D eigenvalue weighted by Gasteiger charge is -2.46. The highest BCUT2D eigenvalue weighted by Crippen LogP contribution is 2.48. The third-order valence-electron chi connectivity index (χ3n) is 5.64. The van der Waals surface area contributed by atoms with Crippen LogP contribution in [-0.2, 0) is 0 Å². The smallest absolute Gasteiger partial charge is 0.00762 e. The van der Waals surface area contributed by atoms with Crippen LogP contribution >= 0.6 is 75.8 Å². The first-order chi connectivity index (χ1) is 12.6. The van der Waals surface area contributed by atoms with Crippen molar-refractivity contribution in [1.29, 1.82) is 0 Å². The number of rotatable bonds is 19. The highest BCUT2D eigenvalue weighted by Gasteiger charge is 2.41. The van der Waals surface area contributed by atoms with E-state index in [1.54, 1.807) is 0 Å². The zero-order chi connectivity index (χ0) is 19.7. The minimum Gasteiger partial charge on any atom is -0.179 e. The van der Waals surface area contributed by atoms with Gasteiger partial charge in [0.05, 0.1) is 0 Å². The van der Waals surface area contributed by atoms with Crippen molar-refractivity contribution in [3.63, 3.8) is 0 Å². The average Bonchev–Trinajstić information content (AvgIpc) is 2.64. The third-order valence-corrected chi connectivity index (χ3v) is 8.12. The van der Waals surface area contributed by atoms with E-state index in [-0.39, 0.29) is 0 Å². The third kappa shape index (κ3) is 11.3. The van der Waals surface area contributed by atoms with Crippen molar-refractivity contribution in [3.05, 3.63) is 0 Å². The molecule has 0 aromatic rings. The Hall–Kier alpha value is 2.10. The Kier molecular flexibility index (Phi) is 20.6. The Morgan fingerprint density at radius 3 is 1.38 bits per heavy atom. The second-order valence-corrected chi connectivity index (χ2v) is 10.2. The summed E-state index contributed by atoms with van der Waals surface area (Å²) in [5.41, 5.74) is 0.296. The van der Waals surface area contributed by atoms with Crippen LogP contribution in [0, 0.1) is 11.3 Å². The first-order valence-electron chi connectivity index (χ1n) is 10.3. The summed E-state index contributed by atoms with van der Waals surface area (Å²) in [6.45, 7) is 0. The second-order valence-electron chi connectivity index (χ2n) is 7.43. The molecule has 0 aromatic heterocycles. The Morgan fingerprint density at radius 2 is 0.962 bits per heavy atom. The fourth-order valence-corrected chi connectivity index (χ4v) is 6.16. The van der Waals surface area contributed by atoms with Gasteiger partial charge in [-0.25, -0.2) is 0 Å². The van der Waals surface area contributed by atoms with Crippen LogP contribution in [0.25, 0.3) is 0 Å². The molecule has 0 amide bonds. The Bertz CT molecular complexity index is 290. The maximum absolute atomic E-state index is 5.21. The summed E-state index contributed by atoms with van der Waals surface area (Å²) in [4.78, 5) is 0. The highest BCUT2D eigenvalue weighted by molar-refractivity contribution is 7.81. The van der Waals surface area contributed by atoms with Crippen molar-refractivity contribution in [3.8, 4) is 0 Å². The molecule has 2 atom stereocenters. The van der Waals surface area contributed by atoms with E-state index < -0.39 is 0 Å². The van der Waals surface area contributed by atoms with Gasteiger partial charge in [-0.1, -0.05) is 25.7 Å². The molecule has 0 aliphatic carbocycles. The van der Waals surface area contributed by atoms with Crippen molar-refractivity contribution >= 4 is 75.8 Å². The monoisotopic (exact) mass is 474 g/mol. The maximum Gasteiger partial charge on any atom is 0.00762 e. The van der Waals surface area contributed by atoms with E-state index in [1.165, 1.54) is 77.0 Å². The molecule has 0 rings (SSSR count). The van der Waals surface area contributed by atoms with Crippen LogP contribution in [0.15, 0.2) is 0 Å². The average molecular weight is 475 g/mol. The molecule has 0 spiro atoms. The summed E-state index contributed by atoms with van der Waals surface area (Å²) < 4.78 is 0. The van der Waals surface area contributed by atoms with Gasteiger partial charge in [-0.05, 0) is 91.5 Å². The molecule has 26 heavy (non-hydrogen) atoms. The molecular weight excluding hydrogens is 433 g/mol. The van der Waals surface area contributed by atoms with Crippen molar-refractivity contribution in [2.75, 3.05) is 28.8 Å². The largest absolute Gasteiger partial charge is 0.179 e. The van der Waals surface area contributed by atoms with Gasteiger partial charge in [-0.3, -0.25) is 0 Å². The first kappa shape index (κ1) is 28.1. The molecule has 0 saturated carbocycles. The first-order valence-corrected chi connectivity index (χ1v) is 14.0. The van der Waals surface area contributed by atoms with E-state index in [1.807, 2.05) is 0 Å². The molecule has 0 aliphatic heterocycles. The SMILES string of the molecule is SCCCCC(S)C(CCCCS)(CCCCS)C(CS)CCCCS. The zero-order valence-corrected chi connectivity index (χ0v) is 21.7. The normalized spacial score (nSPS) is 14.5. The lowest BCUT2D eigenvalue weighted by molar-refractivity contribution is 0.117. The number of hydrogen-bond donors (Lipinski definition) is 6. The van der Waals surface area contributed by atoms with Gasteiger partial charge >= 0.3 is 0 Å². The summed E-state index contributed by atoms with van der Waals surface area (Å²) in [5, 5.41) is 0.454. The van der Waals surface area contributed by atoms with Gasteiger partial charge in [-0.15, -0.1) is 0 Å². The van der Waals surface area contributed by atoms with Gasteiger partial charge in [-0.2, -0.15) is 75.8 Å². The van der Waals surface area contributed by atoms with E-state index in [4.69, 9.17) is 25.3 Å². The standard InChI is InChI=1S/C20H42S6/c21-13-5-1-9-18(17-25)20(11-3-7-15-23,12-4-8-16-24)19(26)10-2-6-14-22/h18-19,21-26H,1-17H2. The summed E-state index contributed by atoms with van der Waals surface area (Å²) in [5.74, 6) is 5.54. The fraction of sp³-hybridized carbons (Fsp3) is 1.00. The van der Waals surface area contributed by atoms with Crippen LogP contribution in [-0.4, -0.2) is 34.0 Å². The molecule has 158 valence electrons. The molecule has 0 radical (unpaired) electrons. The van der Waals surface area contributed by atoms with Crippen molar-refractivity contribution < 1.29 is 0 Å². The highest BCUT2D eigenvalue weighted by atomic mass is 32.1. The molecule has 0 fully saturated rings. The predicted octanol–water partition coefficient (Wildman–Crippen LogP) is 7.22. The Balaban J connectivity index is 5.34. The Labute approximate surface area is 197 Å². The summed E-state index contributed by atoms with van der Waals surface area (Å²) in [7, 11) is 0. The van der Waals surface area contributed by atoms with Crippen molar-refractivity contribution in [1.82, 2.24) is 0 Å². The molecule has 0 aromatic carbocycles. The lowest BCUT2D eigenvalue weighted by atomic mass is 9.64. The Morgan fingerprint density at radius 1 is 0.538 bits per heavy atom. The minimum absolute atomic E-state index is 0.296. The fourth-order valence-electron chi connectivity index (χ4n) is 4.07. The quantitative estimate of drug-likeness (QED) is 0.0826. The van der Waals surface area contributed by atoms with Crippen molar-refractivity contribution in [2.45, 2.75) is 82.3 Å². The zero-order valence-electron chi connectivity index (χ0n) is 16.4. The van der Waals surface area contributed by atoms with Gasteiger partial charge in [0.25, 0.3) is 0 Å². The minimum atomic E-state index is 0.296. The van der Waals surface area contributed by atoms with Gasteiger partial charge in [0, 0.05) is 5.25 Å². The molecule has 0 bridgehead atoms. The number of thiol groups is 6. The second kappa shape index (κ2) is 19.1. The van der Waals surface area contributed by atoms with E-state index >= 15 is 0 Å². The summed E-state index contributed by atoms with van der Waals surface area (Å²) >= 11 is 27.7. The van der Waals surface area contributed by atoms with Gasteiger partial charge < -0.3 is 0 Å². The summed E-state index contributed by atoms with van der Waals surface area (Å²) in [6, 6.07) is 0. The van der Waals surface area contributed by atoms with E-state index in [9.17, 15) is 0 Å². The molecule has 0 heterocycles. The molecule has 2 unspecified atom stereocenters. The van der Waals surface area contributed by atoms with Gasteiger partial charge in [0.1, 0.15) is 0 Å². The number of unbranched alkanes of at least 4 members (excludes halogenated alkanes) is 4. The molecule has 0 nitrogen and oxygen atoms in total. The van der Waals surface area contributed by atoms with Crippen LogP contribution < -0.4 is 0 Å². The summed E-state index contributed by atoms with van der Waals surface area (Å²) in [6.07, 6.45) is 14.8. The molecular formula is C20H42S6. The van der Waals surface area contributed by atoms with Gasteiger partial charge in [0.15, 0.2) is 0 Å². The van der Waals surface area contributed by atoms with Crippen LogP contribution in [0.4, 0.5) is 0 Å². The lowest BCUT2D eigenvalue weighted by Crippen LogP contribution is -2.41. The molecule has 0 saturated heterocycles. The van der Waals surface area contributed by atoms with E-state index in [0.29, 0.717) is 16.6 Å². The van der Waals surface area contributed by atoms with Crippen molar-refractivity contribution in [2.24, 2.45) is 11.3 Å². The topological polar surface area (TPSA) is 0 Å². The van der Waals surface area contributed by atoms with E-state index in [2.05, 4.69) is 50.5 Å². The molecule has 6 heteroatoms.